The van der Waals surface area contributed by atoms with Crippen LogP contribution < -0.4 is 5.32 Å². The average molecular weight is 232 g/mol. The fraction of sp³-hybridized carbons (Fsp3) is 0.429. The highest BCUT2D eigenvalue weighted by Gasteiger charge is 2.01. The molecule has 0 aliphatic heterocycles. The predicted octanol–water partition coefficient (Wildman–Crippen LogP) is 3.55. The van der Waals surface area contributed by atoms with E-state index in [9.17, 15) is 4.79 Å². The van der Waals surface area contributed by atoms with E-state index in [1.54, 1.807) is 24.5 Å². The Kier molecular flexibility index (Phi) is 6.00. The lowest BCUT2D eigenvalue weighted by Crippen LogP contribution is -2.09. The summed E-state index contributed by atoms with van der Waals surface area (Å²) >= 11 is 0. The second kappa shape index (κ2) is 7.60. The molecule has 0 spiro atoms. The number of carbonyl (C=O) groups is 1. The van der Waals surface area contributed by atoms with Gasteiger partial charge in [-0.15, -0.1) is 0 Å². The quantitative estimate of drug-likeness (QED) is 0.762. The molecule has 1 N–H and O–H groups in total. The molecule has 3 nitrogen and oxygen atoms in total. The summed E-state index contributed by atoms with van der Waals surface area (Å²) in [6.07, 6.45) is 9.19. The minimum atomic E-state index is -0.0603. The summed E-state index contributed by atoms with van der Waals surface area (Å²) in [5, 5.41) is 2.81. The number of amides is 1. The van der Waals surface area contributed by atoms with Crippen LogP contribution in [0.25, 0.3) is 0 Å². The van der Waals surface area contributed by atoms with Gasteiger partial charge in [-0.25, -0.2) is 0 Å². The second-order valence-electron chi connectivity index (χ2n) is 4.03. The van der Waals surface area contributed by atoms with Crippen LogP contribution in [0.2, 0.25) is 0 Å². The molecule has 0 aliphatic carbocycles. The van der Waals surface area contributed by atoms with E-state index < -0.39 is 0 Å². The second-order valence-corrected chi connectivity index (χ2v) is 4.03. The Bertz CT molecular complexity index is 363. The van der Waals surface area contributed by atoms with Gasteiger partial charge < -0.3 is 5.32 Å². The topological polar surface area (TPSA) is 42.0 Å². The highest BCUT2D eigenvalue weighted by molar-refractivity contribution is 5.99. The summed E-state index contributed by atoms with van der Waals surface area (Å²) in [6.45, 7) is 4.26. The van der Waals surface area contributed by atoms with Crippen molar-refractivity contribution in [1.82, 2.24) is 4.98 Å². The fourth-order valence-corrected chi connectivity index (χ4v) is 1.71. The first-order valence-corrected chi connectivity index (χ1v) is 6.16. The van der Waals surface area contributed by atoms with Crippen LogP contribution in [0.15, 0.2) is 36.2 Å². The maximum absolute atomic E-state index is 11.8. The van der Waals surface area contributed by atoms with Gasteiger partial charge in [0.2, 0.25) is 5.91 Å². The first-order chi connectivity index (χ1) is 8.26. The van der Waals surface area contributed by atoms with Crippen molar-refractivity contribution in [1.29, 1.82) is 0 Å². The monoisotopic (exact) mass is 232 g/mol. The SMILES string of the molecule is CCCC(=CC(=O)Nc1cccnc1)CCC. The van der Waals surface area contributed by atoms with Crippen LogP contribution >= 0.6 is 0 Å². The number of anilines is 1. The number of pyridine rings is 1. The van der Waals surface area contributed by atoms with Crippen molar-refractivity contribution in [2.45, 2.75) is 39.5 Å². The maximum Gasteiger partial charge on any atom is 0.248 e. The van der Waals surface area contributed by atoms with Gasteiger partial charge >= 0.3 is 0 Å². The number of nitrogens with zero attached hydrogens (tertiary/aromatic N) is 1. The van der Waals surface area contributed by atoms with Crippen molar-refractivity contribution in [3.8, 4) is 0 Å². The Balaban J connectivity index is 2.59. The number of nitrogens with one attached hydrogen (secondary N) is 1. The van der Waals surface area contributed by atoms with Crippen molar-refractivity contribution < 1.29 is 4.79 Å². The van der Waals surface area contributed by atoms with Crippen molar-refractivity contribution in [2.24, 2.45) is 0 Å². The van der Waals surface area contributed by atoms with E-state index in [0.717, 1.165) is 31.4 Å². The van der Waals surface area contributed by atoms with E-state index in [1.807, 2.05) is 6.07 Å². The van der Waals surface area contributed by atoms with Crippen LogP contribution in [0, 0.1) is 0 Å². The average Bonchev–Trinajstić information content (AvgIpc) is 2.30. The predicted molar refractivity (Wildman–Crippen MR) is 70.8 cm³/mol. The molecule has 0 aliphatic rings. The summed E-state index contributed by atoms with van der Waals surface area (Å²) in [5.41, 5.74) is 1.96. The van der Waals surface area contributed by atoms with E-state index in [-0.39, 0.29) is 5.91 Å². The molecule has 0 fully saturated rings. The number of allylic oxidation sites excluding steroid dienone is 1. The lowest BCUT2D eigenvalue weighted by Gasteiger charge is -2.05. The summed E-state index contributed by atoms with van der Waals surface area (Å²) in [4.78, 5) is 15.7. The van der Waals surface area contributed by atoms with Gasteiger partial charge in [0.15, 0.2) is 0 Å². The Labute approximate surface area is 103 Å². The lowest BCUT2D eigenvalue weighted by atomic mass is 10.1. The summed E-state index contributed by atoms with van der Waals surface area (Å²) < 4.78 is 0. The van der Waals surface area contributed by atoms with Crippen molar-refractivity contribution in [3.05, 3.63) is 36.2 Å². The van der Waals surface area contributed by atoms with Gasteiger partial charge in [-0.05, 0) is 25.0 Å². The number of hydrogen-bond acceptors (Lipinski definition) is 2. The van der Waals surface area contributed by atoms with Gasteiger partial charge in [0.1, 0.15) is 0 Å². The smallest absolute Gasteiger partial charge is 0.248 e. The van der Waals surface area contributed by atoms with Crippen molar-refractivity contribution in [3.63, 3.8) is 0 Å². The van der Waals surface area contributed by atoms with Crippen LogP contribution in [-0.4, -0.2) is 10.9 Å². The number of carbonyl (C=O) groups excluding carboxylic acids is 1. The fourth-order valence-electron chi connectivity index (χ4n) is 1.71. The molecular formula is C14H20N2O. The van der Waals surface area contributed by atoms with Crippen LogP contribution in [0.3, 0.4) is 0 Å². The zero-order valence-electron chi connectivity index (χ0n) is 10.6. The largest absolute Gasteiger partial charge is 0.321 e. The Hall–Kier alpha value is -1.64. The van der Waals surface area contributed by atoms with Gasteiger partial charge in [0.05, 0.1) is 11.9 Å². The molecule has 1 rings (SSSR count). The minimum Gasteiger partial charge on any atom is -0.321 e. The Morgan fingerprint density at radius 2 is 2.06 bits per heavy atom. The number of rotatable bonds is 6. The Morgan fingerprint density at radius 3 is 2.59 bits per heavy atom. The molecule has 0 bridgehead atoms. The summed E-state index contributed by atoms with van der Waals surface area (Å²) in [5.74, 6) is -0.0603. The summed E-state index contributed by atoms with van der Waals surface area (Å²) in [7, 11) is 0. The molecule has 17 heavy (non-hydrogen) atoms. The molecule has 0 saturated heterocycles. The van der Waals surface area contributed by atoms with Gasteiger partial charge in [0.25, 0.3) is 0 Å². The van der Waals surface area contributed by atoms with Crippen LogP contribution in [-0.2, 0) is 4.79 Å². The molecule has 0 saturated carbocycles. The van der Waals surface area contributed by atoms with E-state index in [1.165, 1.54) is 5.57 Å². The van der Waals surface area contributed by atoms with E-state index >= 15 is 0 Å². The molecule has 1 heterocycles. The minimum absolute atomic E-state index is 0.0603. The van der Waals surface area contributed by atoms with Gasteiger partial charge in [-0.3, -0.25) is 9.78 Å². The van der Waals surface area contributed by atoms with E-state index in [2.05, 4.69) is 24.1 Å². The highest BCUT2D eigenvalue weighted by Crippen LogP contribution is 2.12. The third-order valence-electron chi connectivity index (χ3n) is 2.41. The molecule has 1 aromatic rings. The third kappa shape index (κ3) is 5.29. The van der Waals surface area contributed by atoms with Crippen LogP contribution in [0.1, 0.15) is 39.5 Å². The molecule has 0 radical (unpaired) electrons. The molecule has 1 amide bonds. The lowest BCUT2D eigenvalue weighted by molar-refractivity contribution is -0.112. The van der Waals surface area contributed by atoms with E-state index in [0.29, 0.717) is 0 Å². The van der Waals surface area contributed by atoms with Gasteiger partial charge in [-0.1, -0.05) is 32.3 Å². The van der Waals surface area contributed by atoms with E-state index in [4.69, 9.17) is 0 Å². The number of aromatic nitrogens is 1. The molecular weight excluding hydrogens is 212 g/mol. The zero-order chi connectivity index (χ0) is 12.5. The van der Waals surface area contributed by atoms with Crippen LogP contribution in [0.5, 0.6) is 0 Å². The molecule has 92 valence electrons. The number of hydrogen-bond donors (Lipinski definition) is 1. The molecule has 3 heteroatoms. The normalized spacial score (nSPS) is 9.76. The highest BCUT2D eigenvalue weighted by atomic mass is 16.1. The van der Waals surface area contributed by atoms with Crippen molar-refractivity contribution >= 4 is 11.6 Å². The maximum atomic E-state index is 11.8. The van der Waals surface area contributed by atoms with Crippen LogP contribution in [0.4, 0.5) is 5.69 Å². The zero-order valence-corrected chi connectivity index (χ0v) is 10.6. The van der Waals surface area contributed by atoms with Gasteiger partial charge in [0, 0.05) is 12.3 Å². The molecule has 0 unspecified atom stereocenters. The Morgan fingerprint density at radius 1 is 1.35 bits per heavy atom. The molecule has 0 aromatic carbocycles. The third-order valence-corrected chi connectivity index (χ3v) is 2.41. The summed E-state index contributed by atoms with van der Waals surface area (Å²) in [6, 6.07) is 3.64. The first kappa shape index (κ1) is 13.4. The van der Waals surface area contributed by atoms with Crippen molar-refractivity contribution in [2.75, 3.05) is 5.32 Å². The molecule has 0 atom stereocenters. The van der Waals surface area contributed by atoms with Gasteiger partial charge in [-0.2, -0.15) is 0 Å². The standard InChI is InChI=1S/C14H20N2O/c1-3-6-12(7-4-2)10-14(17)16-13-8-5-9-15-11-13/h5,8-11H,3-4,6-7H2,1-2H3,(H,16,17). The first-order valence-electron chi connectivity index (χ1n) is 6.16. The molecule has 1 aromatic heterocycles.